The van der Waals surface area contributed by atoms with Crippen molar-refractivity contribution in [3.63, 3.8) is 0 Å². The smallest absolute Gasteiger partial charge is 0.237 e. The highest BCUT2D eigenvalue weighted by molar-refractivity contribution is 5.81. The summed E-state index contributed by atoms with van der Waals surface area (Å²) in [6.07, 6.45) is 6.76. The maximum absolute atomic E-state index is 11.7. The van der Waals surface area contributed by atoms with Crippen molar-refractivity contribution in [1.29, 1.82) is 0 Å². The summed E-state index contributed by atoms with van der Waals surface area (Å²) < 4.78 is 0. The van der Waals surface area contributed by atoms with Gasteiger partial charge < -0.3 is 11.1 Å². The van der Waals surface area contributed by atoms with E-state index in [1.54, 1.807) is 0 Å². The lowest BCUT2D eigenvalue weighted by atomic mass is 9.80. The van der Waals surface area contributed by atoms with Crippen molar-refractivity contribution in [3.05, 3.63) is 0 Å². The Morgan fingerprint density at radius 3 is 2.67 bits per heavy atom. The first-order chi connectivity index (χ1) is 7.15. The van der Waals surface area contributed by atoms with E-state index in [1.165, 1.54) is 19.3 Å². The predicted octanol–water partition coefficient (Wildman–Crippen LogP) is 1.81. The van der Waals surface area contributed by atoms with Crippen LogP contribution in [0, 0.1) is 5.92 Å². The third kappa shape index (κ3) is 3.82. The molecular weight excluding hydrogens is 188 g/mol. The molecule has 0 saturated heterocycles. The Morgan fingerprint density at radius 1 is 1.53 bits per heavy atom. The molecular formula is C12H24N2O. The van der Waals surface area contributed by atoms with Gasteiger partial charge in [0.25, 0.3) is 0 Å². The van der Waals surface area contributed by atoms with E-state index >= 15 is 0 Å². The van der Waals surface area contributed by atoms with Crippen LogP contribution in [0.5, 0.6) is 0 Å². The quantitative estimate of drug-likeness (QED) is 0.705. The number of nitrogens with one attached hydrogen (secondary N) is 1. The fourth-order valence-electron chi connectivity index (χ4n) is 1.94. The van der Waals surface area contributed by atoms with Crippen LogP contribution in [0.25, 0.3) is 0 Å². The number of hydrogen-bond acceptors (Lipinski definition) is 2. The zero-order chi connectivity index (χ0) is 11.3. The van der Waals surface area contributed by atoms with Crippen LogP contribution < -0.4 is 11.1 Å². The van der Waals surface area contributed by atoms with E-state index in [2.05, 4.69) is 19.2 Å². The third-order valence-corrected chi connectivity index (χ3v) is 3.43. The summed E-state index contributed by atoms with van der Waals surface area (Å²) in [6, 6.07) is -0.00796. The van der Waals surface area contributed by atoms with E-state index in [4.69, 9.17) is 5.73 Å². The Hall–Kier alpha value is -0.570. The fourth-order valence-corrected chi connectivity index (χ4v) is 1.94. The molecule has 0 aliphatic heterocycles. The zero-order valence-corrected chi connectivity index (χ0v) is 9.96. The van der Waals surface area contributed by atoms with Crippen LogP contribution >= 0.6 is 0 Å². The Labute approximate surface area is 92.8 Å². The Kier molecular flexibility index (Phi) is 5.09. The maximum atomic E-state index is 11.7. The van der Waals surface area contributed by atoms with Gasteiger partial charge in [-0.15, -0.1) is 0 Å². The van der Waals surface area contributed by atoms with Crippen LogP contribution in [-0.4, -0.2) is 18.0 Å². The molecule has 2 atom stereocenters. The molecule has 1 aliphatic carbocycles. The number of carbonyl (C=O) groups excluding carboxylic acids is 1. The van der Waals surface area contributed by atoms with Crippen molar-refractivity contribution < 1.29 is 4.79 Å². The highest BCUT2D eigenvalue weighted by Gasteiger charge is 2.26. The molecule has 1 amide bonds. The van der Waals surface area contributed by atoms with E-state index in [1.807, 2.05) is 0 Å². The molecule has 1 aliphatic rings. The summed E-state index contributed by atoms with van der Waals surface area (Å²) in [7, 11) is 0. The van der Waals surface area contributed by atoms with Gasteiger partial charge >= 0.3 is 0 Å². The lowest BCUT2D eigenvalue weighted by Crippen LogP contribution is -2.48. The summed E-state index contributed by atoms with van der Waals surface area (Å²) in [5.74, 6) is 0.718. The molecule has 0 radical (unpaired) electrons. The molecule has 1 fully saturated rings. The molecule has 3 N–H and O–H groups in total. The number of rotatable bonds is 6. The van der Waals surface area contributed by atoms with Crippen molar-refractivity contribution in [1.82, 2.24) is 5.32 Å². The van der Waals surface area contributed by atoms with Crippen LogP contribution in [0.3, 0.4) is 0 Å². The largest absolute Gasteiger partial charge is 0.352 e. The Balaban J connectivity index is 2.20. The van der Waals surface area contributed by atoms with Crippen molar-refractivity contribution in [2.75, 3.05) is 0 Å². The first kappa shape index (κ1) is 12.5. The average Bonchev–Trinajstić information content (AvgIpc) is 2.10. The van der Waals surface area contributed by atoms with Gasteiger partial charge in [0.1, 0.15) is 0 Å². The highest BCUT2D eigenvalue weighted by Crippen LogP contribution is 2.29. The van der Waals surface area contributed by atoms with Gasteiger partial charge in [-0.1, -0.05) is 26.2 Å². The number of amides is 1. The SMILES string of the molecule is CCCCC(N)C(=O)NC(C)C1CCC1. The molecule has 3 nitrogen and oxygen atoms in total. The molecule has 15 heavy (non-hydrogen) atoms. The first-order valence-corrected chi connectivity index (χ1v) is 6.21. The molecule has 1 rings (SSSR count). The Morgan fingerprint density at radius 2 is 2.20 bits per heavy atom. The minimum atomic E-state index is -0.313. The molecule has 0 aromatic carbocycles. The topological polar surface area (TPSA) is 55.1 Å². The summed E-state index contributed by atoms with van der Waals surface area (Å²) in [5, 5.41) is 3.03. The standard InChI is InChI=1S/C12H24N2O/c1-3-4-8-11(13)12(15)14-9(2)10-6-5-7-10/h9-11H,3-8,13H2,1-2H3,(H,14,15). The van der Waals surface area contributed by atoms with Crippen LogP contribution in [-0.2, 0) is 4.79 Å². The van der Waals surface area contributed by atoms with Crippen molar-refractivity contribution >= 4 is 5.91 Å². The van der Waals surface area contributed by atoms with Gasteiger partial charge in [0.15, 0.2) is 0 Å². The molecule has 3 heteroatoms. The average molecular weight is 212 g/mol. The molecule has 0 heterocycles. The molecule has 0 bridgehead atoms. The van der Waals surface area contributed by atoms with E-state index in [9.17, 15) is 4.79 Å². The zero-order valence-electron chi connectivity index (χ0n) is 9.96. The van der Waals surface area contributed by atoms with Gasteiger partial charge in [-0.25, -0.2) is 0 Å². The minimum absolute atomic E-state index is 0.0304. The molecule has 0 aromatic heterocycles. The Bertz CT molecular complexity index is 202. The second kappa shape index (κ2) is 6.11. The van der Waals surface area contributed by atoms with E-state index in [-0.39, 0.29) is 11.9 Å². The van der Waals surface area contributed by atoms with E-state index in [0.717, 1.165) is 19.3 Å². The first-order valence-electron chi connectivity index (χ1n) is 6.21. The summed E-state index contributed by atoms with van der Waals surface area (Å²) >= 11 is 0. The highest BCUT2D eigenvalue weighted by atomic mass is 16.2. The van der Waals surface area contributed by atoms with Gasteiger partial charge in [-0.05, 0) is 32.1 Å². The van der Waals surface area contributed by atoms with E-state index in [0.29, 0.717) is 12.0 Å². The lowest BCUT2D eigenvalue weighted by Gasteiger charge is -2.32. The predicted molar refractivity (Wildman–Crippen MR) is 62.4 cm³/mol. The molecule has 0 aromatic rings. The lowest BCUT2D eigenvalue weighted by molar-refractivity contribution is -0.123. The second-order valence-corrected chi connectivity index (χ2v) is 4.74. The van der Waals surface area contributed by atoms with Crippen LogP contribution in [0.2, 0.25) is 0 Å². The molecule has 1 saturated carbocycles. The molecule has 2 unspecified atom stereocenters. The number of carbonyl (C=O) groups is 1. The minimum Gasteiger partial charge on any atom is -0.352 e. The normalized spacial score (nSPS) is 20.5. The summed E-state index contributed by atoms with van der Waals surface area (Å²) in [4.78, 5) is 11.7. The second-order valence-electron chi connectivity index (χ2n) is 4.74. The van der Waals surface area contributed by atoms with Crippen molar-refractivity contribution in [3.8, 4) is 0 Å². The number of nitrogens with two attached hydrogens (primary N) is 1. The van der Waals surface area contributed by atoms with Crippen molar-refractivity contribution in [2.24, 2.45) is 11.7 Å². The third-order valence-electron chi connectivity index (χ3n) is 3.43. The van der Waals surface area contributed by atoms with E-state index < -0.39 is 0 Å². The van der Waals surface area contributed by atoms with Crippen LogP contribution in [0.4, 0.5) is 0 Å². The van der Waals surface area contributed by atoms with Gasteiger partial charge in [-0.2, -0.15) is 0 Å². The van der Waals surface area contributed by atoms with Gasteiger partial charge in [0, 0.05) is 6.04 Å². The molecule has 0 spiro atoms. The van der Waals surface area contributed by atoms with Crippen LogP contribution in [0.15, 0.2) is 0 Å². The summed E-state index contributed by atoms with van der Waals surface area (Å²) in [6.45, 7) is 4.20. The van der Waals surface area contributed by atoms with Gasteiger partial charge in [-0.3, -0.25) is 4.79 Å². The van der Waals surface area contributed by atoms with Crippen molar-refractivity contribution in [2.45, 2.75) is 64.5 Å². The van der Waals surface area contributed by atoms with Gasteiger partial charge in [0.2, 0.25) is 5.91 Å². The van der Waals surface area contributed by atoms with Gasteiger partial charge in [0.05, 0.1) is 6.04 Å². The maximum Gasteiger partial charge on any atom is 0.237 e. The fraction of sp³-hybridized carbons (Fsp3) is 0.917. The number of unbranched alkanes of at least 4 members (excludes halogenated alkanes) is 1. The monoisotopic (exact) mass is 212 g/mol. The van der Waals surface area contributed by atoms with Crippen LogP contribution in [0.1, 0.15) is 52.4 Å². The number of hydrogen-bond donors (Lipinski definition) is 2. The summed E-state index contributed by atoms with van der Waals surface area (Å²) in [5.41, 5.74) is 5.80. The molecule has 88 valence electrons.